The fraction of sp³-hybridized carbons (Fsp3) is 0.412. The number of halogens is 9. The smallest absolute Gasteiger partial charge is 0.425 e. The van der Waals surface area contributed by atoms with Crippen LogP contribution in [0.5, 0.6) is 5.75 Å². The lowest BCUT2D eigenvalue weighted by atomic mass is 10.2. The van der Waals surface area contributed by atoms with Crippen molar-refractivity contribution in [2.24, 2.45) is 7.05 Å². The zero-order chi connectivity index (χ0) is 24.4. The molecule has 0 saturated carbocycles. The molecule has 1 N–H and O–H groups in total. The molecule has 1 aromatic carbocycles. The highest BCUT2D eigenvalue weighted by Crippen LogP contribution is 2.40. The molecular weight excluding hydrogens is 515 g/mol. The first-order valence-corrected chi connectivity index (χ1v) is 9.72. The fourth-order valence-corrected chi connectivity index (χ4v) is 3.46. The zero-order valence-electron chi connectivity index (χ0n) is 16.2. The Morgan fingerprint density at radius 3 is 2.22 bits per heavy atom. The van der Waals surface area contributed by atoms with Crippen molar-refractivity contribution in [2.45, 2.75) is 38.7 Å². The highest BCUT2D eigenvalue weighted by molar-refractivity contribution is 6.37. The van der Waals surface area contributed by atoms with Crippen molar-refractivity contribution in [2.75, 3.05) is 0 Å². The van der Waals surface area contributed by atoms with Crippen LogP contribution in [0.15, 0.2) is 12.1 Å². The third kappa shape index (κ3) is 6.33. The SMILES string of the molecule is CCc1nn(C)c(C(=O)NCc2cc(Cl)c(OC(F)(F)C(F)OC(F)(F)F)c(Cl)c2)c1Cl. The quantitative estimate of drug-likeness (QED) is 0.448. The van der Waals surface area contributed by atoms with Gasteiger partial charge < -0.3 is 10.1 Å². The summed E-state index contributed by atoms with van der Waals surface area (Å²) in [5.74, 6) is -1.59. The molecule has 0 bridgehead atoms. The molecule has 1 heterocycles. The largest absolute Gasteiger partial charge is 0.525 e. The number of carbonyl (C=O) groups excluding carboxylic acids is 1. The van der Waals surface area contributed by atoms with Gasteiger partial charge >= 0.3 is 18.8 Å². The van der Waals surface area contributed by atoms with Crippen molar-refractivity contribution in [3.8, 4) is 5.75 Å². The van der Waals surface area contributed by atoms with E-state index in [1.54, 1.807) is 6.92 Å². The number of benzene rings is 1. The van der Waals surface area contributed by atoms with Crippen LogP contribution in [-0.4, -0.2) is 34.5 Å². The number of ether oxygens (including phenoxy) is 2. The van der Waals surface area contributed by atoms with Gasteiger partial charge in [0.25, 0.3) is 5.91 Å². The van der Waals surface area contributed by atoms with Gasteiger partial charge in [0.1, 0.15) is 5.69 Å². The summed E-state index contributed by atoms with van der Waals surface area (Å²) in [6.07, 6.45) is -14.4. The predicted octanol–water partition coefficient (Wildman–Crippen LogP) is 5.68. The van der Waals surface area contributed by atoms with Crippen molar-refractivity contribution in [1.82, 2.24) is 15.1 Å². The van der Waals surface area contributed by atoms with Gasteiger partial charge in [-0.1, -0.05) is 41.7 Å². The molecule has 0 spiro atoms. The Labute approximate surface area is 192 Å². The summed E-state index contributed by atoms with van der Waals surface area (Å²) in [6, 6.07) is 2.08. The monoisotopic (exact) mass is 527 g/mol. The second kappa shape index (κ2) is 9.94. The van der Waals surface area contributed by atoms with E-state index in [1.807, 2.05) is 0 Å². The van der Waals surface area contributed by atoms with Gasteiger partial charge in [-0.15, -0.1) is 13.2 Å². The zero-order valence-corrected chi connectivity index (χ0v) is 18.4. The van der Waals surface area contributed by atoms with Crippen LogP contribution in [0, 0.1) is 0 Å². The summed E-state index contributed by atoms with van der Waals surface area (Å²) >= 11 is 17.7. The maximum atomic E-state index is 13.6. The van der Waals surface area contributed by atoms with Gasteiger partial charge in [0.05, 0.1) is 20.8 Å². The summed E-state index contributed by atoms with van der Waals surface area (Å²) in [5, 5.41) is 5.61. The second-order valence-electron chi connectivity index (χ2n) is 6.20. The van der Waals surface area contributed by atoms with E-state index in [0.29, 0.717) is 12.1 Å². The highest BCUT2D eigenvalue weighted by atomic mass is 35.5. The molecule has 15 heteroatoms. The average molecular weight is 529 g/mol. The first-order valence-electron chi connectivity index (χ1n) is 8.59. The number of alkyl halides is 6. The topological polar surface area (TPSA) is 65.4 Å². The predicted molar refractivity (Wildman–Crippen MR) is 103 cm³/mol. The molecule has 6 nitrogen and oxygen atoms in total. The maximum absolute atomic E-state index is 13.6. The summed E-state index contributed by atoms with van der Waals surface area (Å²) in [4.78, 5) is 12.4. The summed E-state index contributed by atoms with van der Waals surface area (Å²) in [6.45, 7) is 1.61. The Bertz CT molecular complexity index is 977. The van der Waals surface area contributed by atoms with Crippen LogP contribution < -0.4 is 10.1 Å². The number of nitrogens with zero attached hydrogens (tertiary/aromatic N) is 2. The molecule has 1 amide bonds. The average Bonchev–Trinajstić information content (AvgIpc) is 2.95. The van der Waals surface area contributed by atoms with Gasteiger partial charge in [0, 0.05) is 13.6 Å². The minimum atomic E-state index is -5.67. The Morgan fingerprint density at radius 1 is 1.19 bits per heavy atom. The molecule has 1 atom stereocenters. The van der Waals surface area contributed by atoms with Gasteiger partial charge in [-0.3, -0.25) is 9.48 Å². The van der Waals surface area contributed by atoms with Crippen LogP contribution in [0.2, 0.25) is 15.1 Å². The van der Waals surface area contributed by atoms with Crippen LogP contribution in [0.1, 0.15) is 28.7 Å². The van der Waals surface area contributed by atoms with Crippen molar-refractivity contribution in [3.63, 3.8) is 0 Å². The number of aromatic nitrogens is 2. The van der Waals surface area contributed by atoms with Crippen LogP contribution >= 0.6 is 34.8 Å². The molecule has 0 aliphatic heterocycles. The van der Waals surface area contributed by atoms with Gasteiger partial charge in [-0.25, -0.2) is 9.13 Å². The summed E-state index contributed by atoms with van der Waals surface area (Å²) < 4.78 is 84.2. The van der Waals surface area contributed by atoms with Crippen LogP contribution in [-0.2, 0) is 24.8 Å². The number of hydrogen-bond donors (Lipinski definition) is 1. The Balaban J connectivity index is 2.14. The number of aryl methyl sites for hydroxylation is 2. The number of carbonyl (C=O) groups is 1. The molecule has 0 saturated heterocycles. The van der Waals surface area contributed by atoms with Gasteiger partial charge in [0.15, 0.2) is 5.75 Å². The minimum Gasteiger partial charge on any atom is -0.425 e. The summed E-state index contributed by atoms with van der Waals surface area (Å²) in [5.41, 5.74) is 0.800. The lowest BCUT2D eigenvalue weighted by Crippen LogP contribution is -2.41. The van der Waals surface area contributed by atoms with E-state index in [0.717, 1.165) is 12.1 Å². The third-order valence-electron chi connectivity index (χ3n) is 3.86. The lowest BCUT2D eigenvalue weighted by Gasteiger charge is -2.23. The number of amides is 1. The number of rotatable bonds is 8. The van der Waals surface area contributed by atoms with Crippen molar-refractivity contribution in [1.29, 1.82) is 0 Å². The van der Waals surface area contributed by atoms with Gasteiger partial charge in [-0.2, -0.15) is 13.9 Å². The molecule has 0 fully saturated rings. The number of hydrogen-bond acceptors (Lipinski definition) is 4. The molecule has 1 unspecified atom stereocenters. The van der Waals surface area contributed by atoms with E-state index in [2.05, 4.69) is 19.9 Å². The van der Waals surface area contributed by atoms with E-state index < -0.39 is 40.5 Å². The van der Waals surface area contributed by atoms with Crippen molar-refractivity contribution < 1.29 is 40.6 Å². The van der Waals surface area contributed by atoms with Crippen LogP contribution in [0.3, 0.4) is 0 Å². The first kappa shape index (κ1) is 26.4. The number of nitrogens with one attached hydrogen (secondary N) is 1. The standard InChI is InChI=1S/C17H14Cl3F6N3O3/c1-3-10-11(20)12(29(2)28-10)14(30)27-6-7-4-8(18)13(9(19)5-7)31-16(22,23)15(21)32-17(24,25)26/h4-5,15H,3,6H2,1-2H3,(H,27,30). The maximum Gasteiger partial charge on any atom is 0.525 e. The molecule has 0 aliphatic rings. The third-order valence-corrected chi connectivity index (χ3v) is 4.81. The molecule has 32 heavy (non-hydrogen) atoms. The van der Waals surface area contributed by atoms with E-state index in [1.165, 1.54) is 11.7 Å². The molecule has 2 aromatic rings. The lowest BCUT2D eigenvalue weighted by molar-refractivity contribution is -0.411. The molecule has 2 rings (SSSR count). The molecule has 1 aromatic heterocycles. The van der Waals surface area contributed by atoms with Gasteiger partial charge in [-0.05, 0) is 24.1 Å². The Morgan fingerprint density at radius 2 is 1.75 bits per heavy atom. The Hall–Kier alpha value is -1.89. The molecular formula is C17H14Cl3F6N3O3. The van der Waals surface area contributed by atoms with Crippen LogP contribution in [0.25, 0.3) is 0 Å². The molecule has 0 radical (unpaired) electrons. The summed E-state index contributed by atoms with van der Waals surface area (Å²) in [7, 11) is 1.51. The van der Waals surface area contributed by atoms with Crippen molar-refractivity contribution >= 4 is 40.7 Å². The second-order valence-corrected chi connectivity index (χ2v) is 7.39. The normalized spacial score (nSPS) is 13.2. The molecule has 0 aliphatic carbocycles. The van der Waals surface area contributed by atoms with E-state index in [9.17, 15) is 31.1 Å². The van der Waals surface area contributed by atoms with E-state index in [-0.39, 0.29) is 22.8 Å². The van der Waals surface area contributed by atoms with Crippen LogP contribution in [0.4, 0.5) is 26.3 Å². The Kier molecular flexibility index (Phi) is 8.19. The van der Waals surface area contributed by atoms with Crippen molar-refractivity contribution in [3.05, 3.63) is 44.2 Å². The molecule has 178 valence electrons. The van der Waals surface area contributed by atoms with Gasteiger partial charge in [0.2, 0.25) is 0 Å². The highest BCUT2D eigenvalue weighted by Gasteiger charge is 2.51. The first-order chi connectivity index (χ1) is 14.7. The van der Waals surface area contributed by atoms with E-state index >= 15 is 0 Å². The van der Waals surface area contributed by atoms with E-state index in [4.69, 9.17) is 34.8 Å². The minimum absolute atomic E-state index is 0.0824. The fourth-order valence-electron chi connectivity index (χ4n) is 2.47.